The average molecular weight is 521 g/mol. The smallest absolute Gasteiger partial charge is 0.338 e. The van der Waals surface area contributed by atoms with Gasteiger partial charge in [0, 0.05) is 12.2 Å². The Labute approximate surface area is 223 Å². The van der Waals surface area contributed by atoms with Crippen LogP contribution in [-0.4, -0.2) is 39.7 Å². The number of thiocarbonyl (C=S) groups is 1. The molecule has 0 saturated heterocycles. The Morgan fingerprint density at radius 2 is 1.57 bits per heavy atom. The molecule has 0 fully saturated rings. The Balaban J connectivity index is 1.77. The van der Waals surface area contributed by atoms with Gasteiger partial charge in [0.05, 0.1) is 12.2 Å². The number of esters is 1. The number of hydrogen-bond donors (Lipinski definition) is 2. The molecule has 7 nitrogen and oxygen atoms in total. The predicted octanol–water partition coefficient (Wildman–Crippen LogP) is 6.35. The third kappa shape index (κ3) is 8.32. The lowest BCUT2D eigenvalue weighted by Gasteiger charge is -2.32. The van der Waals surface area contributed by atoms with E-state index < -0.39 is 18.0 Å². The molecule has 2 N–H and O–H groups in total. The number of carboxylic acids is 1. The molecule has 8 heteroatoms. The van der Waals surface area contributed by atoms with Crippen LogP contribution in [0.4, 0.5) is 5.69 Å². The number of anilines is 1. The Kier molecular flexibility index (Phi) is 10.0. The number of para-hydroxylation sites is 1. The number of nitrogens with one attached hydrogen (secondary N) is 1. The fraction of sp³-hybridized carbons (Fsp3) is 0.276. The number of carboxylic acid groups (broad SMARTS) is 1. The standard InChI is InChI=1S/C29H32N2O5S/c1-4-35-28(34)22-12-10-21(11-13-22)19-31(26(27(32)33)18-20(2)3)29(37)30-23-14-16-25(17-15-23)36-24-8-6-5-7-9-24/h5-17,20,26H,4,18-19H2,1-3H3,(H,30,37)(H,32,33)/t26-/m0/s1. The van der Waals surface area contributed by atoms with E-state index in [1.807, 2.05) is 68.4 Å². The highest BCUT2D eigenvalue weighted by Crippen LogP contribution is 2.24. The van der Waals surface area contributed by atoms with Crippen molar-refractivity contribution >= 4 is 35.0 Å². The maximum absolute atomic E-state index is 12.3. The van der Waals surface area contributed by atoms with Gasteiger partial charge in [0.25, 0.3) is 0 Å². The number of benzene rings is 3. The number of carbonyl (C=O) groups excluding carboxylic acids is 1. The second-order valence-electron chi connectivity index (χ2n) is 8.90. The zero-order valence-corrected chi connectivity index (χ0v) is 22.0. The molecule has 1 atom stereocenters. The first-order valence-corrected chi connectivity index (χ1v) is 12.6. The lowest BCUT2D eigenvalue weighted by Crippen LogP contribution is -2.47. The van der Waals surface area contributed by atoms with Crippen molar-refractivity contribution in [1.82, 2.24) is 4.90 Å². The average Bonchev–Trinajstić information content (AvgIpc) is 2.88. The van der Waals surface area contributed by atoms with Crippen LogP contribution in [0.5, 0.6) is 11.5 Å². The highest BCUT2D eigenvalue weighted by Gasteiger charge is 2.29. The molecular weight excluding hydrogens is 488 g/mol. The normalized spacial score (nSPS) is 11.5. The monoisotopic (exact) mass is 520 g/mol. The Morgan fingerprint density at radius 3 is 2.14 bits per heavy atom. The van der Waals surface area contributed by atoms with Crippen LogP contribution >= 0.6 is 12.2 Å². The van der Waals surface area contributed by atoms with E-state index in [-0.39, 0.29) is 12.5 Å². The van der Waals surface area contributed by atoms with Gasteiger partial charge < -0.3 is 24.8 Å². The highest BCUT2D eigenvalue weighted by molar-refractivity contribution is 7.80. The lowest BCUT2D eigenvalue weighted by molar-refractivity contribution is -0.142. The molecule has 0 amide bonds. The summed E-state index contributed by atoms with van der Waals surface area (Å²) in [5, 5.41) is 13.5. The van der Waals surface area contributed by atoms with Gasteiger partial charge in [0.2, 0.25) is 0 Å². The molecule has 0 aliphatic rings. The summed E-state index contributed by atoms with van der Waals surface area (Å²) in [6.07, 6.45) is 0.419. The predicted molar refractivity (Wildman–Crippen MR) is 148 cm³/mol. The van der Waals surface area contributed by atoms with Crippen LogP contribution in [0, 0.1) is 5.92 Å². The van der Waals surface area contributed by atoms with Gasteiger partial charge in [-0.15, -0.1) is 0 Å². The van der Waals surface area contributed by atoms with Crippen molar-refractivity contribution in [3.63, 3.8) is 0 Å². The number of ether oxygens (including phenoxy) is 2. The molecule has 0 spiro atoms. The van der Waals surface area contributed by atoms with Crippen LogP contribution in [-0.2, 0) is 16.1 Å². The van der Waals surface area contributed by atoms with E-state index in [1.54, 1.807) is 36.1 Å². The SMILES string of the molecule is CCOC(=O)c1ccc(CN(C(=S)Nc2ccc(Oc3ccccc3)cc2)[C@@H](CC(C)C)C(=O)O)cc1. The van der Waals surface area contributed by atoms with Crippen molar-refractivity contribution in [2.45, 2.75) is 39.8 Å². The summed E-state index contributed by atoms with van der Waals surface area (Å²) in [6, 6.07) is 22.9. The first-order valence-electron chi connectivity index (χ1n) is 12.2. The number of carbonyl (C=O) groups is 2. The summed E-state index contributed by atoms with van der Waals surface area (Å²) in [5.74, 6) is 0.201. The first-order chi connectivity index (χ1) is 17.8. The minimum absolute atomic E-state index is 0.145. The van der Waals surface area contributed by atoms with Gasteiger partial charge in [-0.2, -0.15) is 0 Å². The van der Waals surface area contributed by atoms with Gasteiger partial charge in [-0.05, 0) is 85.6 Å². The number of hydrogen-bond acceptors (Lipinski definition) is 5. The van der Waals surface area contributed by atoms with Crippen LogP contribution in [0.15, 0.2) is 78.9 Å². The van der Waals surface area contributed by atoms with Crippen molar-refractivity contribution in [3.8, 4) is 11.5 Å². The summed E-state index contributed by atoms with van der Waals surface area (Å²) in [7, 11) is 0. The Morgan fingerprint density at radius 1 is 0.946 bits per heavy atom. The molecule has 0 unspecified atom stereocenters. The maximum Gasteiger partial charge on any atom is 0.338 e. The summed E-state index contributed by atoms with van der Waals surface area (Å²) < 4.78 is 10.9. The largest absolute Gasteiger partial charge is 0.480 e. The van der Waals surface area contributed by atoms with Crippen LogP contribution in [0.3, 0.4) is 0 Å². The van der Waals surface area contributed by atoms with Gasteiger partial charge in [-0.1, -0.05) is 44.2 Å². The van der Waals surface area contributed by atoms with Crippen molar-refractivity contribution in [2.24, 2.45) is 5.92 Å². The molecule has 3 rings (SSSR count). The quantitative estimate of drug-likeness (QED) is 0.223. The van der Waals surface area contributed by atoms with Crippen LogP contribution < -0.4 is 10.1 Å². The van der Waals surface area contributed by atoms with E-state index in [4.69, 9.17) is 21.7 Å². The first kappa shape index (κ1) is 27.7. The molecule has 0 heterocycles. The molecule has 3 aromatic carbocycles. The van der Waals surface area contributed by atoms with Crippen molar-refractivity contribution < 1.29 is 24.2 Å². The maximum atomic E-state index is 12.3. The van der Waals surface area contributed by atoms with E-state index >= 15 is 0 Å². The van der Waals surface area contributed by atoms with Crippen molar-refractivity contribution in [3.05, 3.63) is 90.0 Å². The molecule has 0 aromatic heterocycles. The van der Waals surface area contributed by atoms with Gasteiger partial charge >= 0.3 is 11.9 Å². The van der Waals surface area contributed by atoms with E-state index in [9.17, 15) is 14.7 Å². The van der Waals surface area contributed by atoms with E-state index in [1.165, 1.54) is 0 Å². The molecule has 194 valence electrons. The molecule has 0 saturated carbocycles. The lowest BCUT2D eigenvalue weighted by atomic mass is 10.0. The van der Waals surface area contributed by atoms with E-state index in [2.05, 4.69) is 5.32 Å². The van der Waals surface area contributed by atoms with Gasteiger partial charge in [0.15, 0.2) is 5.11 Å². The topological polar surface area (TPSA) is 88.1 Å². The Bertz CT molecular complexity index is 1180. The van der Waals surface area contributed by atoms with Crippen molar-refractivity contribution in [1.29, 1.82) is 0 Å². The summed E-state index contributed by atoms with van der Waals surface area (Å²) in [5.41, 5.74) is 1.97. The zero-order chi connectivity index (χ0) is 26.8. The third-order valence-corrected chi connectivity index (χ3v) is 5.86. The molecule has 0 aliphatic heterocycles. The van der Waals surface area contributed by atoms with Crippen LogP contribution in [0.25, 0.3) is 0 Å². The molecular formula is C29H32N2O5S. The second kappa shape index (κ2) is 13.4. The van der Waals surface area contributed by atoms with Crippen LogP contribution in [0.2, 0.25) is 0 Å². The number of nitrogens with zero attached hydrogens (tertiary/aromatic N) is 1. The Hall–Kier alpha value is -3.91. The molecule has 3 aromatic rings. The third-order valence-electron chi connectivity index (χ3n) is 5.52. The number of aliphatic carboxylic acids is 1. The highest BCUT2D eigenvalue weighted by atomic mass is 32.1. The fourth-order valence-corrected chi connectivity index (χ4v) is 4.02. The molecule has 0 radical (unpaired) electrons. The molecule has 37 heavy (non-hydrogen) atoms. The summed E-state index contributed by atoms with van der Waals surface area (Å²) in [4.78, 5) is 25.9. The number of rotatable bonds is 11. The second-order valence-corrected chi connectivity index (χ2v) is 9.29. The van der Waals surface area contributed by atoms with E-state index in [0.717, 1.165) is 11.3 Å². The van der Waals surface area contributed by atoms with E-state index in [0.29, 0.717) is 35.1 Å². The summed E-state index contributed by atoms with van der Waals surface area (Å²) in [6.45, 7) is 6.26. The van der Waals surface area contributed by atoms with Crippen LogP contribution in [0.1, 0.15) is 43.1 Å². The molecule has 0 aliphatic carbocycles. The minimum atomic E-state index is -0.951. The van der Waals surface area contributed by atoms with Crippen molar-refractivity contribution in [2.75, 3.05) is 11.9 Å². The summed E-state index contributed by atoms with van der Waals surface area (Å²) >= 11 is 5.69. The van der Waals surface area contributed by atoms with Gasteiger partial charge in [-0.25, -0.2) is 9.59 Å². The van der Waals surface area contributed by atoms with Gasteiger partial charge in [0.1, 0.15) is 17.5 Å². The molecule has 0 bridgehead atoms. The minimum Gasteiger partial charge on any atom is -0.480 e. The zero-order valence-electron chi connectivity index (χ0n) is 21.2. The van der Waals surface area contributed by atoms with Gasteiger partial charge in [-0.3, -0.25) is 0 Å². The fourth-order valence-electron chi connectivity index (χ4n) is 3.71.